The van der Waals surface area contributed by atoms with Crippen LogP contribution in [0.25, 0.3) is 0 Å². The van der Waals surface area contributed by atoms with Crippen molar-refractivity contribution in [1.82, 2.24) is 15.5 Å². The highest BCUT2D eigenvalue weighted by Crippen LogP contribution is 2.17. The Hall–Kier alpha value is -3.39. The lowest BCUT2D eigenvalue weighted by molar-refractivity contribution is -0.131. The van der Waals surface area contributed by atoms with Gasteiger partial charge in [-0.15, -0.1) is 5.92 Å². The largest absolute Gasteiger partial charge is 0.481 e. The summed E-state index contributed by atoms with van der Waals surface area (Å²) in [4.78, 5) is 23.9. The Kier molecular flexibility index (Phi) is 11.1. The molecule has 0 saturated carbocycles. The lowest BCUT2D eigenvalue weighted by atomic mass is 10.1. The first kappa shape index (κ1) is 26.9. The van der Waals surface area contributed by atoms with Crippen LogP contribution in [-0.2, 0) is 26.0 Å². The molecule has 4 N–H and O–H groups in total. The van der Waals surface area contributed by atoms with Crippen molar-refractivity contribution < 1.29 is 28.0 Å². The number of benzene rings is 2. The second-order valence-electron chi connectivity index (χ2n) is 7.34. The number of carbonyl (C=O) groups is 2. The summed E-state index contributed by atoms with van der Waals surface area (Å²) in [5, 5.41) is 11.8. The summed E-state index contributed by atoms with van der Waals surface area (Å²) in [7, 11) is -4.02. The summed E-state index contributed by atoms with van der Waals surface area (Å²) in [6, 6.07) is 13.9. The van der Waals surface area contributed by atoms with Crippen LogP contribution in [0, 0.1) is 11.8 Å². The molecule has 2 aromatic rings. The van der Waals surface area contributed by atoms with E-state index in [1.807, 2.05) is 30.3 Å². The molecule has 9 nitrogen and oxygen atoms in total. The van der Waals surface area contributed by atoms with E-state index in [2.05, 4.69) is 21.9 Å². The maximum absolute atomic E-state index is 12.7. The molecule has 34 heavy (non-hydrogen) atoms. The van der Waals surface area contributed by atoms with E-state index in [1.54, 1.807) is 6.92 Å². The Morgan fingerprint density at radius 1 is 1.06 bits per heavy atom. The van der Waals surface area contributed by atoms with Crippen molar-refractivity contribution in [2.45, 2.75) is 43.5 Å². The zero-order valence-electron chi connectivity index (χ0n) is 18.9. The summed E-state index contributed by atoms with van der Waals surface area (Å²) < 4.78 is 33.1. The van der Waals surface area contributed by atoms with Crippen molar-refractivity contribution in [2.24, 2.45) is 0 Å². The van der Waals surface area contributed by atoms with Crippen LogP contribution in [0.3, 0.4) is 0 Å². The molecule has 0 unspecified atom stereocenters. The molecule has 0 aliphatic rings. The molecule has 0 fully saturated rings. The number of hydrogen-bond donors (Lipinski definition) is 4. The molecule has 0 saturated heterocycles. The first-order chi connectivity index (χ1) is 16.4. The Morgan fingerprint density at radius 2 is 1.76 bits per heavy atom. The van der Waals surface area contributed by atoms with Crippen molar-refractivity contribution >= 4 is 21.8 Å². The van der Waals surface area contributed by atoms with Crippen LogP contribution in [-0.4, -0.2) is 44.6 Å². The molecule has 0 radical (unpaired) electrons. The smallest absolute Gasteiger partial charge is 0.261 e. The SMILES string of the molecule is CC#CCOc1ccc(S(=O)(=O)N[C@H](CCCCNC(=O)Cc2ccccc2)C(=O)NO)cc1. The highest BCUT2D eigenvalue weighted by Gasteiger charge is 2.25. The summed E-state index contributed by atoms with van der Waals surface area (Å²) in [5.41, 5.74) is 2.40. The fourth-order valence-corrected chi connectivity index (χ4v) is 4.26. The number of amides is 2. The molecule has 2 amide bonds. The van der Waals surface area contributed by atoms with Gasteiger partial charge in [-0.3, -0.25) is 14.8 Å². The minimum absolute atomic E-state index is 0.0506. The minimum Gasteiger partial charge on any atom is -0.481 e. The van der Waals surface area contributed by atoms with Crippen molar-refractivity contribution in [2.75, 3.05) is 13.2 Å². The van der Waals surface area contributed by atoms with Gasteiger partial charge in [0.1, 0.15) is 18.4 Å². The van der Waals surface area contributed by atoms with E-state index in [-0.39, 0.29) is 30.3 Å². The van der Waals surface area contributed by atoms with Crippen molar-refractivity contribution in [3.63, 3.8) is 0 Å². The van der Waals surface area contributed by atoms with Crippen LogP contribution >= 0.6 is 0 Å². The van der Waals surface area contributed by atoms with Crippen LogP contribution in [0.15, 0.2) is 59.5 Å². The topological polar surface area (TPSA) is 134 Å². The highest BCUT2D eigenvalue weighted by atomic mass is 32.2. The number of rotatable bonds is 13. The Balaban J connectivity index is 1.84. The molecule has 10 heteroatoms. The van der Waals surface area contributed by atoms with Gasteiger partial charge >= 0.3 is 0 Å². The van der Waals surface area contributed by atoms with Gasteiger partial charge in [0, 0.05) is 6.54 Å². The number of hydroxylamine groups is 1. The van der Waals surface area contributed by atoms with E-state index in [0.29, 0.717) is 25.1 Å². The summed E-state index contributed by atoms with van der Waals surface area (Å²) in [5.74, 6) is 4.90. The van der Waals surface area contributed by atoms with Gasteiger partial charge < -0.3 is 10.1 Å². The second kappa shape index (κ2) is 14.0. The van der Waals surface area contributed by atoms with Crippen LogP contribution in [0.5, 0.6) is 5.75 Å². The third-order valence-corrected chi connectivity index (χ3v) is 6.28. The molecule has 0 heterocycles. The van der Waals surface area contributed by atoms with Gasteiger partial charge in [0.05, 0.1) is 11.3 Å². The van der Waals surface area contributed by atoms with Gasteiger partial charge in [-0.2, -0.15) is 4.72 Å². The minimum atomic E-state index is -4.02. The number of hydrogen-bond acceptors (Lipinski definition) is 6. The van der Waals surface area contributed by atoms with E-state index >= 15 is 0 Å². The maximum atomic E-state index is 12.7. The Morgan fingerprint density at radius 3 is 2.41 bits per heavy atom. The first-order valence-electron chi connectivity index (χ1n) is 10.7. The lowest BCUT2D eigenvalue weighted by Crippen LogP contribution is -2.45. The number of ether oxygens (including phenoxy) is 1. The average molecular weight is 488 g/mol. The fraction of sp³-hybridized carbons (Fsp3) is 0.333. The molecule has 0 spiro atoms. The monoisotopic (exact) mass is 487 g/mol. The number of nitrogens with one attached hydrogen (secondary N) is 3. The van der Waals surface area contributed by atoms with Gasteiger partial charge in [0.2, 0.25) is 15.9 Å². The molecule has 182 valence electrons. The van der Waals surface area contributed by atoms with Crippen molar-refractivity contribution in [1.29, 1.82) is 0 Å². The van der Waals surface area contributed by atoms with E-state index in [0.717, 1.165) is 5.56 Å². The van der Waals surface area contributed by atoms with E-state index in [4.69, 9.17) is 9.94 Å². The van der Waals surface area contributed by atoms with Gasteiger partial charge in [-0.25, -0.2) is 13.9 Å². The third-order valence-electron chi connectivity index (χ3n) is 4.80. The third kappa shape index (κ3) is 9.23. The van der Waals surface area contributed by atoms with Gasteiger partial charge in [0.25, 0.3) is 5.91 Å². The molecule has 1 atom stereocenters. The van der Waals surface area contributed by atoms with Gasteiger partial charge in [0.15, 0.2) is 0 Å². The van der Waals surface area contributed by atoms with Crippen LogP contribution in [0.1, 0.15) is 31.7 Å². The number of unbranched alkanes of at least 4 members (excludes halogenated alkanes) is 1. The summed E-state index contributed by atoms with van der Waals surface area (Å²) in [6.07, 6.45) is 1.38. The fourth-order valence-electron chi connectivity index (χ4n) is 3.03. The summed E-state index contributed by atoms with van der Waals surface area (Å²) >= 11 is 0. The zero-order valence-corrected chi connectivity index (χ0v) is 19.7. The standard InChI is InChI=1S/C24H29N3O6S/c1-2-3-17-33-20-12-14-21(15-13-20)34(31,32)27-22(24(29)26-30)11-7-8-16-25-23(28)18-19-9-5-4-6-10-19/h4-6,9-10,12-15,22,27,30H,7-8,11,16-18H2,1H3,(H,25,28)(H,26,29)/t22-/m1/s1. The quantitative estimate of drug-likeness (QED) is 0.147. The van der Waals surface area contributed by atoms with E-state index < -0.39 is 22.0 Å². The Labute approximate surface area is 199 Å². The summed E-state index contributed by atoms with van der Waals surface area (Å²) in [6.45, 7) is 2.26. The Bertz CT molecular complexity index is 1090. The molecule has 0 aliphatic heterocycles. The van der Waals surface area contributed by atoms with Gasteiger partial charge in [-0.05, 0) is 56.0 Å². The predicted octanol–water partition coefficient (Wildman–Crippen LogP) is 1.77. The van der Waals surface area contributed by atoms with E-state index in [1.165, 1.54) is 29.7 Å². The van der Waals surface area contributed by atoms with Crippen LogP contribution in [0.2, 0.25) is 0 Å². The molecule has 2 rings (SSSR count). The van der Waals surface area contributed by atoms with E-state index in [9.17, 15) is 18.0 Å². The highest BCUT2D eigenvalue weighted by molar-refractivity contribution is 7.89. The maximum Gasteiger partial charge on any atom is 0.261 e. The number of sulfonamides is 1. The first-order valence-corrected chi connectivity index (χ1v) is 12.2. The van der Waals surface area contributed by atoms with Crippen LogP contribution < -0.4 is 20.3 Å². The molecule has 0 bridgehead atoms. The number of carbonyl (C=O) groups excluding carboxylic acids is 2. The molecule has 0 aromatic heterocycles. The average Bonchev–Trinajstić information content (AvgIpc) is 2.83. The molecular weight excluding hydrogens is 458 g/mol. The second-order valence-corrected chi connectivity index (χ2v) is 9.06. The normalized spacial score (nSPS) is 11.6. The van der Waals surface area contributed by atoms with Crippen molar-refractivity contribution in [3.05, 3.63) is 60.2 Å². The molecular formula is C24H29N3O6S. The lowest BCUT2D eigenvalue weighted by Gasteiger charge is -2.17. The van der Waals surface area contributed by atoms with Gasteiger partial charge in [-0.1, -0.05) is 36.3 Å². The molecule has 2 aromatic carbocycles. The van der Waals surface area contributed by atoms with Crippen LogP contribution in [0.4, 0.5) is 0 Å². The zero-order chi connectivity index (χ0) is 24.8. The predicted molar refractivity (Wildman–Crippen MR) is 126 cm³/mol. The van der Waals surface area contributed by atoms with Crippen molar-refractivity contribution in [3.8, 4) is 17.6 Å². The molecule has 0 aliphatic carbocycles.